The minimum Gasteiger partial charge on any atom is -0.298 e. The van der Waals surface area contributed by atoms with Gasteiger partial charge in [0.2, 0.25) is 0 Å². The summed E-state index contributed by atoms with van der Waals surface area (Å²) < 4.78 is 78.8. The lowest BCUT2D eigenvalue weighted by Gasteiger charge is -2.29. The molecule has 10 heteroatoms. The van der Waals surface area contributed by atoms with Gasteiger partial charge in [-0.15, -0.1) is 0 Å². The van der Waals surface area contributed by atoms with E-state index in [4.69, 9.17) is 0 Å². The van der Waals surface area contributed by atoms with Crippen molar-refractivity contribution in [1.29, 1.82) is 0 Å². The molecule has 0 saturated carbocycles. The summed E-state index contributed by atoms with van der Waals surface area (Å²) in [6.07, 6.45) is -1.98. The fraction of sp³-hybridized carbons (Fsp3) is 0.261. The molecule has 5 nitrogen and oxygen atoms in total. The lowest BCUT2D eigenvalue weighted by Crippen LogP contribution is -2.32. The highest BCUT2D eigenvalue weighted by Crippen LogP contribution is 2.28. The van der Waals surface area contributed by atoms with E-state index < -0.39 is 27.7 Å². The first-order valence-electron chi connectivity index (χ1n) is 10.2. The molecule has 4 rings (SSSR count). The van der Waals surface area contributed by atoms with Crippen molar-refractivity contribution in [2.75, 3.05) is 17.8 Å². The lowest BCUT2D eigenvalue weighted by atomic mass is 9.99. The van der Waals surface area contributed by atoms with Crippen LogP contribution in [0.3, 0.4) is 0 Å². The number of benzene rings is 2. The second-order valence-electron chi connectivity index (χ2n) is 7.87. The van der Waals surface area contributed by atoms with Crippen molar-refractivity contribution in [2.45, 2.75) is 30.5 Å². The van der Waals surface area contributed by atoms with E-state index in [1.807, 2.05) is 0 Å². The monoisotopic (exact) mass is 479 g/mol. The first-order chi connectivity index (χ1) is 15.6. The van der Waals surface area contributed by atoms with Crippen LogP contribution in [-0.4, -0.2) is 31.4 Å². The maximum Gasteiger partial charge on any atom is 0.433 e. The molecule has 0 atom stereocenters. The lowest BCUT2D eigenvalue weighted by molar-refractivity contribution is -0.141. The molecule has 0 unspecified atom stereocenters. The topological polar surface area (TPSA) is 62.3 Å². The maximum atomic E-state index is 13.0. The summed E-state index contributed by atoms with van der Waals surface area (Å²) >= 11 is 0. The Bertz CT molecular complexity index is 1230. The fourth-order valence-electron chi connectivity index (χ4n) is 3.71. The number of pyridine rings is 1. The number of hydrogen-bond acceptors (Lipinski definition) is 4. The van der Waals surface area contributed by atoms with Gasteiger partial charge in [-0.3, -0.25) is 14.6 Å². The molecule has 3 aromatic rings. The summed E-state index contributed by atoms with van der Waals surface area (Å²) in [5.41, 5.74) is 2.04. The molecule has 0 fully saturated rings. The summed E-state index contributed by atoms with van der Waals surface area (Å²) in [6, 6.07) is 12.5. The van der Waals surface area contributed by atoms with E-state index in [0.717, 1.165) is 22.8 Å². The molecule has 1 aliphatic heterocycles. The van der Waals surface area contributed by atoms with Gasteiger partial charge in [0.25, 0.3) is 10.0 Å². The first kappa shape index (κ1) is 23.2. The van der Waals surface area contributed by atoms with Gasteiger partial charge in [0, 0.05) is 31.5 Å². The molecule has 0 radical (unpaired) electrons. The normalized spacial score (nSPS) is 14.7. The molecule has 1 N–H and O–H groups in total. The third kappa shape index (κ3) is 5.69. The molecule has 0 spiro atoms. The van der Waals surface area contributed by atoms with Gasteiger partial charge in [0.05, 0.1) is 4.90 Å². The quantitative estimate of drug-likeness (QED) is 0.524. The average Bonchev–Trinajstić information content (AvgIpc) is 2.78. The van der Waals surface area contributed by atoms with Crippen LogP contribution >= 0.6 is 0 Å². The van der Waals surface area contributed by atoms with Gasteiger partial charge in [-0.2, -0.15) is 13.2 Å². The molecule has 0 aliphatic carbocycles. The van der Waals surface area contributed by atoms with Crippen molar-refractivity contribution in [3.05, 3.63) is 89.0 Å². The van der Waals surface area contributed by atoms with Crippen molar-refractivity contribution in [3.63, 3.8) is 0 Å². The highest BCUT2D eigenvalue weighted by atomic mass is 32.2. The number of fused-ring (bicyclic) bond motifs is 1. The van der Waals surface area contributed by atoms with E-state index in [1.54, 1.807) is 12.1 Å². The number of nitrogens with zero attached hydrogens (tertiary/aromatic N) is 2. The van der Waals surface area contributed by atoms with Gasteiger partial charge < -0.3 is 0 Å². The molecule has 2 heterocycles. The zero-order chi connectivity index (χ0) is 23.6. The minimum atomic E-state index is -4.45. The molecule has 1 aliphatic rings. The molecular weight excluding hydrogens is 458 g/mol. The van der Waals surface area contributed by atoms with E-state index in [-0.39, 0.29) is 10.6 Å². The Labute approximate surface area is 189 Å². The second-order valence-corrected chi connectivity index (χ2v) is 9.55. The van der Waals surface area contributed by atoms with E-state index in [0.29, 0.717) is 32.5 Å². The predicted octanol–water partition coefficient (Wildman–Crippen LogP) is 4.64. The maximum absolute atomic E-state index is 13.0. The molecule has 174 valence electrons. The average molecular weight is 479 g/mol. The molecule has 1 aromatic heterocycles. The summed E-state index contributed by atoms with van der Waals surface area (Å²) in [5, 5.41) is 0. The number of halogens is 4. The van der Waals surface area contributed by atoms with Crippen molar-refractivity contribution in [3.8, 4) is 0 Å². The largest absolute Gasteiger partial charge is 0.433 e. The van der Waals surface area contributed by atoms with E-state index in [1.165, 1.54) is 42.6 Å². The number of aromatic nitrogens is 1. The van der Waals surface area contributed by atoms with Gasteiger partial charge in [0.15, 0.2) is 0 Å². The van der Waals surface area contributed by atoms with Crippen LogP contribution in [-0.2, 0) is 35.6 Å². The van der Waals surface area contributed by atoms with Crippen molar-refractivity contribution in [2.24, 2.45) is 0 Å². The van der Waals surface area contributed by atoms with E-state index in [9.17, 15) is 26.0 Å². The summed E-state index contributed by atoms with van der Waals surface area (Å²) in [7, 11) is -3.81. The summed E-state index contributed by atoms with van der Waals surface area (Å²) in [6.45, 7) is 1.98. The van der Waals surface area contributed by atoms with Gasteiger partial charge in [-0.1, -0.05) is 12.1 Å². The molecular formula is C23H21F4N3O2S. The van der Waals surface area contributed by atoms with Crippen LogP contribution in [0.1, 0.15) is 22.4 Å². The molecule has 0 amide bonds. The van der Waals surface area contributed by atoms with Crippen LogP contribution in [0.25, 0.3) is 0 Å². The molecule has 2 aromatic carbocycles. The minimum absolute atomic E-state index is 0.134. The Morgan fingerprint density at radius 1 is 1.00 bits per heavy atom. The summed E-state index contributed by atoms with van der Waals surface area (Å²) in [4.78, 5) is 5.80. The van der Waals surface area contributed by atoms with Crippen molar-refractivity contribution >= 4 is 15.7 Å². The molecule has 0 bridgehead atoms. The van der Waals surface area contributed by atoms with Crippen LogP contribution in [0.5, 0.6) is 0 Å². The Hall–Kier alpha value is -2.98. The molecule has 33 heavy (non-hydrogen) atoms. The van der Waals surface area contributed by atoms with Crippen LogP contribution in [0.2, 0.25) is 0 Å². The standard InChI is InChI=1S/C23H21F4N3O2S/c24-19-3-5-20(6-4-19)29-33(31,32)21-7-2-18-15-30(12-10-17(18)13-21)11-9-16-1-8-22(28-14-16)23(25,26)27/h1-8,13-14,29H,9-12,15H2. The van der Waals surface area contributed by atoms with Gasteiger partial charge in [0.1, 0.15) is 11.5 Å². The fourth-order valence-corrected chi connectivity index (χ4v) is 4.81. The Morgan fingerprint density at radius 3 is 2.42 bits per heavy atom. The van der Waals surface area contributed by atoms with Gasteiger partial charge in [-0.25, -0.2) is 12.8 Å². The van der Waals surface area contributed by atoms with E-state index in [2.05, 4.69) is 14.6 Å². The van der Waals surface area contributed by atoms with Crippen LogP contribution in [0.15, 0.2) is 65.7 Å². The van der Waals surface area contributed by atoms with Crippen LogP contribution < -0.4 is 4.72 Å². The Balaban J connectivity index is 1.38. The number of anilines is 1. The second kappa shape index (κ2) is 9.11. The number of sulfonamides is 1. The highest BCUT2D eigenvalue weighted by Gasteiger charge is 2.32. The van der Waals surface area contributed by atoms with Crippen LogP contribution in [0, 0.1) is 5.82 Å². The Kier molecular flexibility index (Phi) is 6.40. The number of hydrogen-bond donors (Lipinski definition) is 1. The third-order valence-electron chi connectivity index (χ3n) is 5.51. The smallest absolute Gasteiger partial charge is 0.298 e. The van der Waals surface area contributed by atoms with Crippen molar-refractivity contribution < 1.29 is 26.0 Å². The van der Waals surface area contributed by atoms with E-state index >= 15 is 0 Å². The highest BCUT2D eigenvalue weighted by molar-refractivity contribution is 7.92. The number of nitrogens with one attached hydrogen (secondary N) is 1. The number of alkyl halides is 3. The zero-order valence-corrected chi connectivity index (χ0v) is 18.3. The van der Waals surface area contributed by atoms with Crippen molar-refractivity contribution in [1.82, 2.24) is 9.88 Å². The first-order valence-corrected chi connectivity index (χ1v) is 11.7. The third-order valence-corrected chi connectivity index (χ3v) is 6.89. The zero-order valence-electron chi connectivity index (χ0n) is 17.4. The number of rotatable bonds is 6. The van der Waals surface area contributed by atoms with Gasteiger partial charge in [-0.05, 0) is 72.0 Å². The van der Waals surface area contributed by atoms with Crippen LogP contribution in [0.4, 0.5) is 23.2 Å². The summed E-state index contributed by atoms with van der Waals surface area (Å²) in [5.74, 6) is -0.453. The van der Waals surface area contributed by atoms with Gasteiger partial charge >= 0.3 is 6.18 Å². The predicted molar refractivity (Wildman–Crippen MR) is 116 cm³/mol. The Morgan fingerprint density at radius 2 is 1.76 bits per heavy atom. The SMILES string of the molecule is O=S(=O)(Nc1ccc(F)cc1)c1ccc2c(c1)CCN(CCc1ccc(C(F)(F)F)nc1)C2. The molecule has 0 saturated heterocycles.